The first-order valence-corrected chi connectivity index (χ1v) is 16.9. The van der Waals surface area contributed by atoms with E-state index in [-0.39, 0.29) is 17.4 Å². The maximum absolute atomic E-state index is 13.7. The van der Waals surface area contributed by atoms with Crippen molar-refractivity contribution in [3.8, 4) is 28.5 Å². The van der Waals surface area contributed by atoms with E-state index in [9.17, 15) is 14.4 Å². The molecule has 49 heavy (non-hydrogen) atoms. The first-order chi connectivity index (χ1) is 23.8. The summed E-state index contributed by atoms with van der Waals surface area (Å²) in [4.78, 5) is 44.8. The van der Waals surface area contributed by atoms with Gasteiger partial charge in [-0.05, 0) is 48.5 Å². The molecule has 0 aliphatic heterocycles. The van der Waals surface area contributed by atoms with Crippen molar-refractivity contribution in [3.05, 3.63) is 118 Å². The minimum atomic E-state index is -0.584. The Labute approximate surface area is 296 Å². The molecule has 3 N–H and O–H groups in total. The Kier molecular flexibility index (Phi) is 11.9. The highest BCUT2D eigenvalue weighted by molar-refractivity contribution is 8.00. The standard InChI is InChI=1S/C36H31ClN4O6S2/c1-45-30-19-32(47-3)31(46-2)17-23(30)16-28(39-34(43)22-10-5-4-6-11-22)35(44)38-24-12-9-13-25(18-24)48-21-33(42)41-36-40-29(20-49-36)26-14-7-8-15-27(26)37/h4-20H,21H2,1-3H3,(H,38,44)(H,39,43)(H,40,41,42)/b28-16+. The second-order valence-electron chi connectivity index (χ2n) is 10.2. The largest absolute Gasteiger partial charge is 0.496 e. The molecule has 4 aromatic carbocycles. The number of carbonyl (C=O) groups excluding carboxylic acids is 3. The smallest absolute Gasteiger partial charge is 0.272 e. The van der Waals surface area contributed by atoms with Crippen molar-refractivity contribution in [2.75, 3.05) is 37.7 Å². The fourth-order valence-corrected chi connectivity index (χ4v) is 6.27. The van der Waals surface area contributed by atoms with E-state index in [2.05, 4.69) is 20.9 Å². The van der Waals surface area contributed by atoms with Gasteiger partial charge in [0.15, 0.2) is 16.6 Å². The topological polar surface area (TPSA) is 128 Å². The minimum Gasteiger partial charge on any atom is -0.496 e. The lowest BCUT2D eigenvalue weighted by Gasteiger charge is -2.15. The third kappa shape index (κ3) is 9.20. The van der Waals surface area contributed by atoms with Gasteiger partial charge in [0.25, 0.3) is 11.8 Å². The first-order valence-electron chi connectivity index (χ1n) is 14.7. The van der Waals surface area contributed by atoms with Crippen LogP contribution in [0.15, 0.2) is 107 Å². The number of amides is 3. The maximum atomic E-state index is 13.7. The molecule has 5 rings (SSSR count). The number of thioether (sulfide) groups is 1. The highest BCUT2D eigenvalue weighted by Gasteiger charge is 2.18. The number of methoxy groups -OCH3 is 3. The predicted molar refractivity (Wildman–Crippen MR) is 195 cm³/mol. The van der Waals surface area contributed by atoms with Gasteiger partial charge < -0.3 is 30.2 Å². The number of nitrogens with zero attached hydrogens (tertiary/aromatic N) is 1. The zero-order chi connectivity index (χ0) is 34.8. The Morgan fingerprint density at radius 1 is 0.837 bits per heavy atom. The molecule has 0 spiro atoms. The normalized spacial score (nSPS) is 11.0. The van der Waals surface area contributed by atoms with E-state index in [1.54, 1.807) is 66.7 Å². The highest BCUT2D eigenvalue weighted by atomic mass is 35.5. The third-order valence-corrected chi connectivity index (χ3v) is 9.01. The van der Waals surface area contributed by atoms with Gasteiger partial charge in [-0.2, -0.15) is 0 Å². The summed E-state index contributed by atoms with van der Waals surface area (Å²) in [6, 6.07) is 26.2. The number of hydrogen-bond acceptors (Lipinski definition) is 9. The molecule has 0 aliphatic carbocycles. The average Bonchev–Trinajstić information content (AvgIpc) is 3.58. The zero-order valence-corrected chi connectivity index (χ0v) is 29.0. The number of hydrogen-bond donors (Lipinski definition) is 3. The number of anilines is 2. The van der Waals surface area contributed by atoms with E-state index in [0.29, 0.717) is 49.9 Å². The van der Waals surface area contributed by atoms with Crippen LogP contribution in [-0.2, 0) is 9.59 Å². The van der Waals surface area contributed by atoms with E-state index in [1.165, 1.54) is 50.5 Å². The van der Waals surface area contributed by atoms with Crippen molar-refractivity contribution in [2.45, 2.75) is 4.90 Å². The summed E-state index contributed by atoms with van der Waals surface area (Å²) in [6.45, 7) is 0. The van der Waals surface area contributed by atoms with E-state index < -0.39 is 11.8 Å². The Morgan fingerprint density at radius 2 is 1.55 bits per heavy atom. The van der Waals surface area contributed by atoms with Gasteiger partial charge in [0.1, 0.15) is 11.4 Å². The van der Waals surface area contributed by atoms with Gasteiger partial charge in [-0.1, -0.05) is 54.1 Å². The van der Waals surface area contributed by atoms with Gasteiger partial charge in [-0.15, -0.1) is 23.1 Å². The molecule has 0 bridgehead atoms. The lowest BCUT2D eigenvalue weighted by atomic mass is 10.1. The van der Waals surface area contributed by atoms with Crippen LogP contribution in [0, 0.1) is 0 Å². The van der Waals surface area contributed by atoms with Crippen LogP contribution in [0.4, 0.5) is 10.8 Å². The Morgan fingerprint density at radius 3 is 2.29 bits per heavy atom. The average molecular weight is 715 g/mol. The van der Waals surface area contributed by atoms with Crippen LogP contribution in [0.3, 0.4) is 0 Å². The fraction of sp³-hybridized carbons (Fsp3) is 0.111. The molecule has 0 saturated carbocycles. The Bertz CT molecular complexity index is 2000. The summed E-state index contributed by atoms with van der Waals surface area (Å²) in [5.41, 5.74) is 2.72. The third-order valence-electron chi connectivity index (χ3n) is 6.93. The summed E-state index contributed by atoms with van der Waals surface area (Å²) >= 11 is 8.88. The monoisotopic (exact) mass is 714 g/mol. The van der Waals surface area contributed by atoms with Crippen LogP contribution < -0.4 is 30.2 Å². The molecule has 0 fully saturated rings. The van der Waals surface area contributed by atoms with E-state index >= 15 is 0 Å². The molecule has 0 radical (unpaired) electrons. The van der Waals surface area contributed by atoms with Crippen molar-refractivity contribution in [1.82, 2.24) is 10.3 Å². The molecule has 250 valence electrons. The fourth-order valence-electron chi connectivity index (χ4n) is 4.55. The number of nitrogens with one attached hydrogen (secondary N) is 3. The maximum Gasteiger partial charge on any atom is 0.272 e. The lowest BCUT2D eigenvalue weighted by molar-refractivity contribution is -0.114. The van der Waals surface area contributed by atoms with Crippen LogP contribution in [0.5, 0.6) is 17.2 Å². The van der Waals surface area contributed by atoms with E-state index in [0.717, 1.165) is 10.5 Å². The number of ether oxygens (including phenoxy) is 3. The van der Waals surface area contributed by atoms with Gasteiger partial charge in [-0.25, -0.2) is 4.98 Å². The van der Waals surface area contributed by atoms with Crippen molar-refractivity contribution in [1.29, 1.82) is 0 Å². The number of aromatic nitrogens is 1. The molecule has 0 atom stereocenters. The summed E-state index contributed by atoms with van der Waals surface area (Å²) in [5.74, 6) is 0.0508. The molecular formula is C36H31ClN4O6S2. The predicted octanol–water partition coefficient (Wildman–Crippen LogP) is 7.63. The van der Waals surface area contributed by atoms with Crippen LogP contribution >= 0.6 is 34.7 Å². The highest BCUT2D eigenvalue weighted by Crippen LogP contribution is 2.36. The summed E-state index contributed by atoms with van der Waals surface area (Å²) < 4.78 is 16.3. The van der Waals surface area contributed by atoms with E-state index in [1.807, 2.05) is 29.6 Å². The molecule has 5 aromatic rings. The van der Waals surface area contributed by atoms with Crippen molar-refractivity contribution in [2.24, 2.45) is 0 Å². The number of rotatable bonds is 13. The SMILES string of the molecule is COc1cc(OC)c(OC)cc1/C=C(/NC(=O)c1ccccc1)C(=O)Nc1cccc(SCC(=O)Nc2nc(-c3ccccc3Cl)cs2)c1. The van der Waals surface area contributed by atoms with Gasteiger partial charge in [0.05, 0.1) is 32.8 Å². The van der Waals surface area contributed by atoms with Crippen LogP contribution in [-0.4, -0.2) is 49.8 Å². The van der Waals surface area contributed by atoms with Gasteiger partial charge in [0, 0.05) is 43.7 Å². The van der Waals surface area contributed by atoms with Gasteiger partial charge in [-0.3, -0.25) is 14.4 Å². The molecule has 0 unspecified atom stereocenters. The van der Waals surface area contributed by atoms with E-state index in [4.69, 9.17) is 25.8 Å². The molecule has 13 heteroatoms. The molecule has 3 amide bonds. The number of carbonyl (C=O) groups is 3. The lowest BCUT2D eigenvalue weighted by Crippen LogP contribution is -2.30. The van der Waals surface area contributed by atoms with Crippen molar-refractivity contribution >= 4 is 69.3 Å². The summed E-state index contributed by atoms with van der Waals surface area (Å²) in [5, 5.41) is 11.3. The molecular weight excluding hydrogens is 684 g/mol. The second kappa shape index (κ2) is 16.7. The Hall–Kier alpha value is -5.30. The van der Waals surface area contributed by atoms with Gasteiger partial charge in [0.2, 0.25) is 5.91 Å². The van der Waals surface area contributed by atoms with Crippen molar-refractivity contribution < 1.29 is 28.6 Å². The van der Waals surface area contributed by atoms with Crippen molar-refractivity contribution in [3.63, 3.8) is 0 Å². The Balaban J connectivity index is 1.30. The molecule has 0 aliphatic rings. The van der Waals surface area contributed by atoms with Gasteiger partial charge >= 0.3 is 0 Å². The minimum absolute atomic E-state index is 0.0450. The number of thiazole rings is 1. The van der Waals surface area contributed by atoms with Crippen LogP contribution in [0.2, 0.25) is 5.02 Å². The quantitative estimate of drug-likeness (QED) is 0.0840. The molecule has 1 heterocycles. The number of benzene rings is 4. The number of halogens is 1. The summed E-state index contributed by atoms with van der Waals surface area (Å²) in [6.07, 6.45) is 1.50. The molecule has 10 nitrogen and oxygen atoms in total. The first kappa shape index (κ1) is 35.0. The van der Waals surface area contributed by atoms with Crippen LogP contribution in [0.1, 0.15) is 15.9 Å². The second-order valence-corrected chi connectivity index (χ2v) is 12.5. The summed E-state index contributed by atoms with van der Waals surface area (Å²) in [7, 11) is 4.48. The van der Waals surface area contributed by atoms with Crippen LogP contribution in [0.25, 0.3) is 17.3 Å². The zero-order valence-electron chi connectivity index (χ0n) is 26.6. The molecule has 0 saturated heterocycles. The molecule has 1 aromatic heterocycles.